The predicted octanol–water partition coefficient (Wildman–Crippen LogP) is 20.9. The normalized spacial score (nSPS) is 12.0. The third-order valence-electron chi connectivity index (χ3n) is 18.2. The molecule has 6 heterocycles. The van der Waals surface area contributed by atoms with Gasteiger partial charge in [0.15, 0.2) is 11.4 Å². The number of hydrogen-bond donors (Lipinski definition) is 0. The minimum Gasteiger partial charge on any atom is -0.436 e. The molecule has 6 aromatic heterocycles. The number of aromatic nitrogens is 7. The van der Waals surface area contributed by atoms with Gasteiger partial charge in [-0.05, 0) is 119 Å². The Morgan fingerprint density at radius 2 is 0.607 bits per heavy atom. The average Bonchev–Trinajstić information content (AvgIpc) is 1.61. The highest BCUT2D eigenvalue weighted by molar-refractivity contribution is 6.18. The molecule has 0 aliphatic carbocycles. The highest BCUT2D eigenvalue weighted by Crippen LogP contribution is 2.55. The van der Waals surface area contributed by atoms with E-state index in [4.69, 9.17) is 19.4 Å². The van der Waals surface area contributed by atoms with E-state index in [1.807, 2.05) is 18.2 Å². The summed E-state index contributed by atoms with van der Waals surface area (Å²) in [7, 11) is 0. The molecule has 8 nitrogen and oxygen atoms in total. The van der Waals surface area contributed by atoms with Gasteiger partial charge in [-0.3, -0.25) is 0 Å². The van der Waals surface area contributed by atoms with E-state index in [0.29, 0.717) is 17.3 Å². The summed E-state index contributed by atoms with van der Waals surface area (Å²) >= 11 is 0. The van der Waals surface area contributed by atoms with Crippen LogP contribution in [0.5, 0.6) is 0 Å². The smallest absolute Gasteiger partial charge is 0.231 e. The molecule has 0 fully saturated rings. The molecule has 18 aromatic rings. The van der Waals surface area contributed by atoms with Crippen LogP contribution in [0.25, 0.3) is 166 Å². The maximum absolute atomic E-state index is 7.55. The number of fused-ring (bicyclic) bond motifs is 13. The standard InChI is InChI=1S/C81H55N7O/c1-48-35-39-69-58(43-48)54-25-11-16-30-65(54)85(69)76-74(80-82-63(52-21-7-5-8-22-52)47-64(83-80)53-23-9-6-10-24-53)77(86-66-31-17-12-26-55(66)59-44-49(2)36-40-70(59)86)79(88-68-33-19-14-28-57(68)61-46-51(4)38-42-72(61)88)78(75(76)81-84-62-29-15-20-34-73(62)89-81)87-67-32-18-13-27-56(67)60-45-50(3)37-41-71(60)87/h5-47H,1-4H3. The summed E-state index contributed by atoms with van der Waals surface area (Å²) in [6.07, 6.45) is 0. The zero-order valence-corrected chi connectivity index (χ0v) is 49.4. The second-order valence-electron chi connectivity index (χ2n) is 23.8. The van der Waals surface area contributed by atoms with Gasteiger partial charge in [0, 0.05) is 54.2 Å². The first-order chi connectivity index (χ1) is 43.8. The number of nitrogens with zero attached hydrogens (tertiary/aromatic N) is 7. The van der Waals surface area contributed by atoms with Crippen molar-refractivity contribution in [3.8, 4) is 68.1 Å². The van der Waals surface area contributed by atoms with Crippen molar-refractivity contribution in [2.75, 3.05) is 0 Å². The van der Waals surface area contributed by atoms with Crippen LogP contribution in [0.1, 0.15) is 22.3 Å². The van der Waals surface area contributed by atoms with Crippen LogP contribution < -0.4 is 0 Å². The Morgan fingerprint density at radius 1 is 0.270 bits per heavy atom. The molecule has 89 heavy (non-hydrogen) atoms. The maximum atomic E-state index is 7.55. The minimum absolute atomic E-state index is 0.443. The van der Waals surface area contributed by atoms with Crippen LogP contribution in [-0.4, -0.2) is 33.2 Å². The summed E-state index contributed by atoms with van der Waals surface area (Å²) in [5, 5.41) is 8.98. The molecular weight excluding hydrogens is 1090 g/mol. The Labute approximate surface area is 512 Å². The van der Waals surface area contributed by atoms with Gasteiger partial charge in [0.05, 0.1) is 89.4 Å². The van der Waals surface area contributed by atoms with Gasteiger partial charge in [0.1, 0.15) is 5.52 Å². The van der Waals surface area contributed by atoms with Crippen molar-refractivity contribution in [1.29, 1.82) is 0 Å². The topological polar surface area (TPSA) is 71.5 Å². The monoisotopic (exact) mass is 1140 g/mol. The third-order valence-corrected chi connectivity index (χ3v) is 18.2. The summed E-state index contributed by atoms with van der Waals surface area (Å²) in [6, 6.07) is 94.4. The van der Waals surface area contributed by atoms with E-state index in [0.717, 1.165) is 155 Å². The Kier molecular flexibility index (Phi) is 11.1. The van der Waals surface area contributed by atoms with Gasteiger partial charge >= 0.3 is 0 Å². The zero-order valence-electron chi connectivity index (χ0n) is 49.4. The van der Waals surface area contributed by atoms with Gasteiger partial charge in [-0.1, -0.05) is 192 Å². The minimum atomic E-state index is 0.443. The first-order valence-electron chi connectivity index (χ1n) is 30.4. The average molecular weight is 1140 g/mol. The highest BCUT2D eigenvalue weighted by atomic mass is 16.3. The molecule has 420 valence electrons. The quantitative estimate of drug-likeness (QED) is 0.152. The lowest BCUT2D eigenvalue weighted by Crippen LogP contribution is -2.17. The van der Waals surface area contributed by atoms with Gasteiger partial charge in [0.2, 0.25) is 5.89 Å². The van der Waals surface area contributed by atoms with E-state index in [1.165, 1.54) is 16.7 Å². The van der Waals surface area contributed by atoms with Gasteiger partial charge < -0.3 is 22.7 Å². The summed E-state index contributed by atoms with van der Waals surface area (Å²) in [4.78, 5) is 17.8. The van der Waals surface area contributed by atoms with Crippen molar-refractivity contribution >= 4 is 98.3 Å². The lowest BCUT2D eigenvalue weighted by atomic mass is 9.95. The Bertz CT molecular complexity index is 5880. The molecule has 0 N–H and O–H groups in total. The van der Waals surface area contributed by atoms with Crippen molar-refractivity contribution in [2.24, 2.45) is 0 Å². The first kappa shape index (κ1) is 50.7. The second kappa shape index (κ2) is 19.5. The molecule has 0 radical (unpaired) electrons. The molecule has 0 spiro atoms. The highest BCUT2D eigenvalue weighted by Gasteiger charge is 2.38. The molecule has 0 saturated carbocycles. The molecule has 0 saturated heterocycles. The predicted molar refractivity (Wildman–Crippen MR) is 368 cm³/mol. The van der Waals surface area contributed by atoms with E-state index >= 15 is 0 Å². The van der Waals surface area contributed by atoms with Crippen LogP contribution in [0.15, 0.2) is 265 Å². The van der Waals surface area contributed by atoms with Gasteiger partial charge in [-0.25, -0.2) is 15.0 Å². The molecule has 0 aliphatic heterocycles. The molecule has 12 aromatic carbocycles. The Morgan fingerprint density at radius 3 is 1.02 bits per heavy atom. The number of rotatable bonds is 8. The van der Waals surface area contributed by atoms with Crippen molar-refractivity contribution in [2.45, 2.75) is 27.7 Å². The Balaban J connectivity index is 1.23. The molecule has 0 unspecified atom stereocenters. The van der Waals surface area contributed by atoms with E-state index < -0.39 is 0 Å². The second-order valence-corrected chi connectivity index (χ2v) is 23.8. The van der Waals surface area contributed by atoms with E-state index in [-0.39, 0.29) is 0 Å². The Hall–Kier alpha value is -11.6. The summed E-state index contributed by atoms with van der Waals surface area (Å²) in [6.45, 7) is 8.75. The zero-order chi connectivity index (χ0) is 59.2. The molecule has 0 amide bonds. The van der Waals surface area contributed by atoms with Crippen LogP contribution in [0.2, 0.25) is 0 Å². The van der Waals surface area contributed by atoms with Gasteiger partial charge in [-0.2, -0.15) is 0 Å². The first-order valence-corrected chi connectivity index (χ1v) is 30.4. The van der Waals surface area contributed by atoms with Crippen LogP contribution in [0.4, 0.5) is 0 Å². The lowest BCUT2D eigenvalue weighted by molar-refractivity contribution is 0.619. The summed E-state index contributed by atoms with van der Waals surface area (Å²) in [5.74, 6) is 0.962. The number of oxazole rings is 1. The molecule has 0 atom stereocenters. The van der Waals surface area contributed by atoms with Crippen molar-refractivity contribution in [1.82, 2.24) is 33.2 Å². The van der Waals surface area contributed by atoms with Crippen LogP contribution in [-0.2, 0) is 0 Å². The summed E-state index contributed by atoms with van der Waals surface area (Å²) < 4.78 is 17.6. The van der Waals surface area contributed by atoms with Crippen LogP contribution in [0, 0.1) is 27.7 Å². The molecule has 0 bridgehead atoms. The lowest BCUT2D eigenvalue weighted by Gasteiger charge is -2.30. The van der Waals surface area contributed by atoms with Crippen LogP contribution in [0.3, 0.4) is 0 Å². The SMILES string of the molecule is Cc1ccc2c(c1)c1ccccc1n2-c1c(-c2nc(-c3ccccc3)cc(-c3ccccc3)n2)c(-n2c3ccccc3c3cc(C)ccc32)c(-n2c3ccccc3c3cc(C)ccc32)c(-n2c3ccccc3c3cc(C)ccc32)c1-c1nc2ccccc2o1. The number of hydrogen-bond acceptors (Lipinski definition) is 4. The molecule has 0 aliphatic rings. The summed E-state index contributed by atoms with van der Waals surface area (Å²) in [5.41, 5.74) is 22.7. The van der Waals surface area contributed by atoms with Crippen molar-refractivity contribution in [3.05, 3.63) is 283 Å². The third kappa shape index (κ3) is 7.63. The molecular formula is C81H55N7O. The largest absolute Gasteiger partial charge is 0.436 e. The number of para-hydroxylation sites is 6. The fraction of sp³-hybridized carbons (Fsp3) is 0.0494. The number of aryl methyl sites for hydroxylation is 4. The molecule has 8 heteroatoms. The van der Waals surface area contributed by atoms with Crippen molar-refractivity contribution < 1.29 is 4.42 Å². The van der Waals surface area contributed by atoms with Gasteiger partial charge in [-0.15, -0.1) is 0 Å². The fourth-order valence-corrected chi connectivity index (χ4v) is 14.3. The van der Waals surface area contributed by atoms with Gasteiger partial charge in [0.25, 0.3) is 0 Å². The number of benzene rings is 12. The fourth-order valence-electron chi connectivity index (χ4n) is 14.3. The van der Waals surface area contributed by atoms with Crippen LogP contribution >= 0.6 is 0 Å². The van der Waals surface area contributed by atoms with E-state index in [2.05, 4.69) is 289 Å². The molecule has 18 rings (SSSR count). The van der Waals surface area contributed by atoms with Crippen molar-refractivity contribution in [3.63, 3.8) is 0 Å². The van der Waals surface area contributed by atoms with E-state index in [1.54, 1.807) is 0 Å². The van der Waals surface area contributed by atoms with E-state index in [9.17, 15) is 0 Å². The maximum Gasteiger partial charge on any atom is 0.231 e.